The molecule has 3 aliphatic rings. The summed E-state index contributed by atoms with van der Waals surface area (Å²) in [4.78, 5) is 5.69. The summed E-state index contributed by atoms with van der Waals surface area (Å²) in [6.45, 7) is 24.4. The average molecular weight is 387 g/mol. The Bertz CT molecular complexity index is 541. The highest BCUT2D eigenvalue weighted by Gasteiger charge is 2.40. The Kier molecular flexibility index (Phi) is 7.14. The molecule has 0 amide bonds. The maximum atomic E-state index is 2.84. The van der Waals surface area contributed by atoms with Crippen LogP contribution in [0.4, 0.5) is 0 Å². The summed E-state index contributed by atoms with van der Waals surface area (Å²) >= 11 is 0. The molecule has 0 spiro atoms. The summed E-state index contributed by atoms with van der Waals surface area (Å²) in [5.41, 5.74) is 3.20. The Balaban J connectivity index is 1.69. The Morgan fingerprint density at radius 3 is 1.50 bits per heavy atom. The first-order chi connectivity index (χ1) is 13.2. The van der Waals surface area contributed by atoms with E-state index in [1.807, 2.05) is 0 Å². The molecule has 1 saturated heterocycles. The van der Waals surface area contributed by atoms with E-state index >= 15 is 0 Å². The quantitative estimate of drug-likeness (QED) is 0.530. The molecule has 160 valence electrons. The second kappa shape index (κ2) is 9.04. The maximum absolute atomic E-state index is 2.84. The fourth-order valence-electron chi connectivity index (χ4n) is 6.86. The molecule has 2 nitrogen and oxygen atoms in total. The van der Waals surface area contributed by atoms with Crippen molar-refractivity contribution in [3.8, 4) is 0 Å². The maximum Gasteiger partial charge on any atom is 0.0647 e. The molecule has 2 aliphatic carbocycles. The van der Waals surface area contributed by atoms with Crippen molar-refractivity contribution in [2.45, 2.75) is 74.4 Å². The van der Waals surface area contributed by atoms with Gasteiger partial charge in [-0.1, -0.05) is 64.8 Å². The van der Waals surface area contributed by atoms with E-state index < -0.39 is 0 Å². The minimum absolute atomic E-state index is 0.623. The first-order valence-electron chi connectivity index (χ1n) is 12.0. The van der Waals surface area contributed by atoms with E-state index in [0.29, 0.717) is 12.1 Å². The molecule has 2 heteroatoms. The Hall–Kier alpha value is -0.600. The van der Waals surface area contributed by atoms with Gasteiger partial charge in [0.25, 0.3) is 0 Å². The highest BCUT2D eigenvalue weighted by atomic mass is 15.4. The largest absolute Gasteiger partial charge is 0.286 e. The SMILES string of the molecule is CC1=C[C@H](C)[C@H](CN2CCN(C[C@H]3[C@H](C)C=C(C)C[C@H]3C)C2C(C)C)[C@H](C)C1. The molecule has 28 heavy (non-hydrogen) atoms. The van der Waals surface area contributed by atoms with Gasteiger partial charge < -0.3 is 0 Å². The molecular formula is C26H46N2. The predicted molar refractivity (Wildman–Crippen MR) is 122 cm³/mol. The van der Waals surface area contributed by atoms with Crippen LogP contribution in [-0.4, -0.2) is 42.1 Å². The smallest absolute Gasteiger partial charge is 0.0647 e. The summed E-state index contributed by atoms with van der Waals surface area (Å²) in [6, 6.07) is 0. The molecule has 1 unspecified atom stereocenters. The van der Waals surface area contributed by atoms with Crippen LogP contribution in [0.1, 0.15) is 68.2 Å². The van der Waals surface area contributed by atoms with Gasteiger partial charge in [0.05, 0.1) is 6.17 Å². The fourth-order valence-corrected chi connectivity index (χ4v) is 6.86. The van der Waals surface area contributed by atoms with Gasteiger partial charge in [0.1, 0.15) is 0 Å². The molecular weight excluding hydrogens is 340 g/mol. The van der Waals surface area contributed by atoms with Crippen molar-refractivity contribution < 1.29 is 0 Å². The average Bonchev–Trinajstić information content (AvgIpc) is 2.96. The van der Waals surface area contributed by atoms with E-state index in [1.165, 1.54) is 39.0 Å². The van der Waals surface area contributed by atoms with E-state index in [4.69, 9.17) is 0 Å². The summed E-state index contributed by atoms with van der Waals surface area (Å²) in [5, 5.41) is 0. The van der Waals surface area contributed by atoms with Crippen LogP contribution in [-0.2, 0) is 0 Å². The summed E-state index contributed by atoms with van der Waals surface area (Å²) in [6.07, 6.45) is 8.30. The Morgan fingerprint density at radius 1 is 0.786 bits per heavy atom. The van der Waals surface area contributed by atoms with Crippen LogP contribution in [0.25, 0.3) is 0 Å². The second-order valence-corrected chi connectivity index (χ2v) is 11.1. The molecule has 0 N–H and O–H groups in total. The van der Waals surface area contributed by atoms with Crippen molar-refractivity contribution in [3.63, 3.8) is 0 Å². The van der Waals surface area contributed by atoms with Crippen molar-refractivity contribution in [2.24, 2.45) is 41.4 Å². The van der Waals surface area contributed by atoms with E-state index in [1.54, 1.807) is 11.1 Å². The van der Waals surface area contributed by atoms with Gasteiger partial charge in [-0.2, -0.15) is 0 Å². The van der Waals surface area contributed by atoms with E-state index in [2.05, 4.69) is 77.3 Å². The van der Waals surface area contributed by atoms with Gasteiger partial charge in [-0.15, -0.1) is 0 Å². The van der Waals surface area contributed by atoms with Crippen LogP contribution in [0.15, 0.2) is 23.3 Å². The number of hydrogen-bond acceptors (Lipinski definition) is 2. The molecule has 1 fully saturated rings. The Morgan fingerprint density at radius 2 is 1.18 bits per heavy atom. The van der Waals surface area contributed by atoms with Crippen LogP contribution < -0.4 is 0 Å². The first kappa shape index (κ1) is 22.1. The van der Waals surface area contributed by atoms with Gasteiger partial charge in [-0.05, 0) is 68.1 Å². The van der Waals surface area contributed by atoms with Gasteiger partial charge in [0.2, 0.25) is 0 Å². The molecule has 1 heterocycles. The van der Waals surface area contributed by atoms with Crippen LogP contribution in [0.2, 0.25) is 0 Å². The van der Waals surface area contributed by atoms with Gasteiger partial charge in [0, 0.05) is 26.2 Å². The minimum Gasteiger partial charge on any atom is -0.286 e. The molecule has 7 atom stereocenters. The van der Waals surface area contributed by atoms with Gasteiger partial charge in [-0.25, -0.2) is 0 Å². The summed E-state index contributed by atoms with van der Waals surface area (Å²) in [5.74, 6) is 5.38. The monoisotopic (exact) mass is 386 g/mol. The highest BCUT2D eigenvalue weighted by Crippen LogP contribution is 2.38. The lowest BCUT2D eigenvalue weighted by Crippen LogP contribution is -2.48. The molecule has 1 aliphatic heterocycles. The molecule has 0 radical (unpaired) electrons. The number of rotatable bonds is 5. The summed E-state index contributed by atoms with van der Waals surface area (Å²) < 4.78 is 0. The standard InChI is InChI=1S/C26H46N2/c1-17(2)26-27(15-24-20(5)11-18(3)12-21(24)6)9-10-28(26)16-25-22(7)13-19(4)14-23(25)8/h11,13,17,20-26H,9-10,12,14-16H2,1-8H3/t20-,21-,22+,23-,24+,25+,26?/m1/s1. The number of allylic oxidation sites excluding steroid dienone is 4. The molecule has 0 aromatic rings. The minimum atomic E-state index is 0.623. The van der Waals surface area contributed by atoms with Gasteiger partial charge >= 0.3 is 0 Å². The lowest BCUT2D eigenvalue weighted by Gasteiger charge is -2.42. The fraction of sp³-hybridized carbons (Fsp3) is 0.846. The topological polar surface area (TPSA) is 6.48 Å². The molecule has 0 aromatic heterocycles. The molecule has 0 bridgehead atoms. The van der Waals surface area contributed by atoms with E-state index in [0.717, 1.165) is 35.5 Å². The van der Waals surface area contributed by atoms with Crippen molar-refractivity contribution in [1.29, 1.82) is 0 Å². The summed E-state index contributed by atoms with van der Waals surface area (Å²) in [7, 11) is 0. The van der Waals surface area contributed by atoms with E-state index in [-0.39, 0.29) is 0 Å². The van der Waals surface area contributed by atoms with Crippen molar-refractivity contribution in [2.75, 3.05) is 26.2 Å². The zero-order chi connectivity index (χ0) is 20.6. The predicted octanol–water partition coefficient (Wildman–Crippen LogP) is 6.06. The van der Waals surface area contributed by atoms with Crippen molar-refractivity contribution in [1.82, 2.24) is 9.80 Å². The third-order valence-electron chi connectivity index (χ3n) is 8.10. The van der Waals surface area contributed by atoms with Crippen molar-refractivity contribution in [3.05, 3.63) is 23.3 Å². The Labute approximate surface area is 175 Å². The van der Waals surface area contributed by atoms with E-state index in [9.17, 15) is 0 Å². The van der Waals surface area contributed by atoms with Crippen LogP contribution in [0, 0.1) is 41.4 Å². The zero-order valence-electron chi connectivity index (χ0n) is 19.9. The number of hydrogen-bond donors (Lipinski definition) is 0. The third-order valence-corrected chi connectivity index (χ3v) is 8.10. The second-order valence-electron chi connectivity index (χ2n) is 11.1. The lowest BCUT2D eigenvalue weighted by atomic mass is 9.74. The van der Waals surface area contributed by atoms with Crippen LogP contribution >= 0.6 is 0 Å². The normalized spacial score (nSPS) is 40.7. The third kappa shape index (κ3) is 4.75. The van der Waals surface area contributed by atoms with Gasteiger partial charge in [-0.3, -0.25) is 9.80 Å². The molecule has 0 saturated carbocycles. The zero-order valence-corrected chi connectivity index (χ0v) is 19.9. The van der Waals surface area contributed by atoms with Crippen LogP contribution in [0.5, 0.6) is 0 Å². The van der Waals surface area contributed by atoms with Crippen molar-refractivity contribution >= 4 is 0 Å². The molecule has 0 aromatic carbocycles. The number of nitrogens with zero attached hydrogens (tertiary/aromatic N) is 2. The lowest BCUT2D eigenvalue weighted by molar-refractivity contribution is 0.0439. The first-order valence-corrected chi connectivity index (χ1v) is 12.0. The van der Waals surface area contributed by atoms with Gasteiger partial charge in [0.15, 0.2) is 0 Å². The van der Waals surface area contributed by atoms with Crippen LogP contribution in [0.3, 0.4) is 0 Å². The highest BCUT2D eigenvalue weighted by molar-refractivity contribution is 5.10. The molecule has 3 rings (SSSR count).